The van der Waals surface area contributed by atoms with Crippen molar-refractivity contribution >= 4 is 63.3 Å². The smallest absolute Gasteiger partial charge is 0.377 e. The maximum Gasteiger partial charge on any atom is 0.455 e. The number of nitrogens with two attached hydrogens (primary N) is 1. The molecular weight excluding hydrogens is 1570 g/mol. The Morgan fingerprint density at radius 1 is 0.529 bits per heavy atom. The number of aromatic nitrogens is 2. The SMILES string of the molecule is CC1(C)CC[C@]2(C(=O)ON=C(N)C(F)(F)F)CC[C@]3(C)[C@H](C(=O)C=C4[C@@]5(C)C=C(C#N)C(=O)C(C)(C)[C@@H]5CC[C@]43C)[C@@H]2C1.CC1(C)CC[C@]2(c3nc(C(F)(F)F)no3)CC[C@]3(C)[C@H](C(=O)C=C4[C@@]5(C)C=C(C#N)C(=O)C(C)(C)[C@@H]5CC[C@]43C)[C@@H]2C1.[3H][3H].[3H][3H].[3H][3H].[3H][3H].[3H][3H].[3H][3H].[3H][3H].[3H][3H].[3H][3H].[3H][3H].[3H][3H].[C-]#[N+]C1=C[C@]2(C)C3=CC(=O)[C@@H]4[C@@H]5CC(C)(C)CC[C@]5(C(=O)Cl)CC[C@@]4(C)[C@]3(C)CC[C@H]2C(C)(C)C1=O. The Labute approximate surface area is 747 Å². The zero-order valence-electron chi connectivity index (χ0n) is 96.5. The van der Waals surface area contributed by atoms with E-state index in [1.165, 1.54) is 0 Å². The van der Waals surface area contributed by atoms with Crippen LogP contribution in [-0.2, 0) is 54.8 Å². The average molecular weight is 1760 g/mol. The van der Waals surface area contributed by atoms with Crippen LogP contribution in [0.2, 0.25) is 0 Å². The second kappa shape index (κ2) is 27.5. The third-order valence-electron chi connectivity index (χ3n) is 38.0. The standard InChI is InChI=1S/C33H42F3N3O4.C33H40F3N3O3.C31H40ClNO3.11H2/c1-27(2)10-12-32(26(42)43-39-25(38)33(34,35)36)13-11-31(7)23(19(32)16-27)20(40)14-22-29(5)15-18(17-37)24(41)28(3,4)21(29)8-9-30(22,31)6;1-27(2)10-12-32(26-38-25(39-42-26)33(34,35)36)13-11-31(7)23(19(32)16-27)20(40)14-22-29(5)15-18(17-37)24(41)28(3,4)21(29)8-9-30(22,31)6;1-26(2)11-13-31(25(32)36)14-12-30(7)23(18(31)16-26)20(34)15-22-28(5)17-19(33-8)24(35)27(3,4)21(28)9-10-29(22,30)6;;;;;;;;;;;/h14-15,19,21,23H,8-13,16H2,1-7H3,(H2,38,39);14-15,19,21,23H,8-13,16H2,1-7H3;15,17-18,21,23H,9-14,16H2,1-7H3;11*1H/t2*19-,21-,23-,29-,30+,31+,32-;18-,21-,23-,28-,29+,30+,31-;;;;;;;;;;;/m000.........../s1/i;;;11*1+2T. The number of hydrogen-bond acceptors (Lipinski definition) is 15. The van der Waals surface area contributed by atoms with Crippen molar-refractivity contribution in [1.29, 1.82) is 10.5 Å². The van der Waals surface area contributed by atoms with Crippen molar-refractivity contribution in [3.63, 3.8) is 0 Å². The molecule has 0 unspecified atom stereocenters. The Bertz CT molecular complexity index is 5190. The first-order valence-electron chi connectivity index (χ1n) is 54.9. The van der Waals surface area contributed by atoms with E-state index in [0.29, 0.717) is 57.8 Å². The zero-order chi connectivity index (χ0) is 112. The van der Waals surface area contributed by atoms with E-state index in [0.717, 1.165) is 93.8 Å². The fourth-order valence-corrected chi connectivity index (χ4v) is 31.0. The number of hydrogen-bond donors (Lipinski definition) is 1. The van der Waals surface area contributed by atoms with E-state index < -0.39 is 118 Å². The number of rotatable bonds is 4. The van der Waals surface area contributed by atoms with E-state index in [4.69, 9.17) is 65.9 Å². The third kappa shape index (κ3) is 12.4. The highest BCUT2D eigenvalue weighted by Crippen LogP contribution is 2.80. The highest BCUT2D eigenvalue weighted by atomic mass is 35.5. The van der Waals surface area contributed by atoms with Gasteiger partial charge in [0.15, 0.2) is 34.7 Å². The number of fused-ring (bicyclic) bond motifs is 21. The second-order valence-corrected chi connectivity index (χ2v) is 46.6. The summed E-state index contributed by atoms with van der Waals surface area (Å²) in [5, 5.41) is 25.8. The Balaban J connectivity index is 0.000000503. The number of Topliss-reactive ketones (excluding diaryl/α,β-unsaturated/α-hetero) is 3. The molecule has 17 nitrogen and oxygen atoms in total. The molecule has 9 fully saturated rings. The van der Waals surface area contributed by atoms with Gasteiger partial charge in [0.05, 0.1) is 28.5 Å². The van der Waals surface area contributed by atoms with Crippen LogP contribution in [0.15, 0.2) is 79.7 Å². The highest BCUT2D eigenvalue weighted by Gasteiger charge is 2.76. The number of nitriles is 2. The van der Waals surface area contributed by atoms with Crippen LogP contribution in [0.4, 0.5) is 26.3 Å². The molecule has 0 saturated heterocycles. The largest absolute Gasteiger partial charge is 0.455 e. The van der Waals surface area contributed by atoms with E-state index in [-0.39, 0.29) is 125 Å². The summed E-state index contributed by atoms with van der Waals surface area (Å²) in [4.78, 5) is 122. The lowest BCUT2D eigenvalue weighted by Crippen LogP contribution is -2.65. The minimum absolute atomic E-state index is 0.00918. The van der Waals surface area contributed by atoms with E-state index >= 15 is 0 Å². The first-order valence-corrected chi connectivity index (χ1v) is 44.3. The topological polar surface area (TPSA) is 275 Å². The molecule has 2 N–H and O–H groups in total. The molecule has 1 aromatic heterocycles. The molecule has 15 aliphatic carbocycles. The molecule has 0 bridgehead atoms. The van der Waals surface area contributed by atoms with Gasteiger partial charge in [-0.2, -0.15) is 41.9 Å². The van der Waals surface area contributed by atoms with Crippen molar-refractivity contribution in [2.24, 2.45) is 156 Å². The normalized spacial score (nSPS) is 44.1. The monoisotopic (exact) mass is 1760 g/mol. The van der Waals surface area contributed by atoms with Gasteiger partial charge in [-0.25, -0.2) is 9.64 Å². The number of allylic oxidation sites excluding steroid dienone is 12. The number of nitrogens with zero attached hydrogens (tertiary/aromatic N) is 6. The zero-order valence-corrected chi connectivity index (χ0v) is 75.3. The molecule has 0 spiro atoms. The van der Waals surface area contributed by atoms with Crippen molar-refractivity contribution in [3.8, 4) is 12.1 Å². The van der Waals surface area contributed by atoms with Gasteiger partial charge < -0.3 is 19.9 Å². The van der Waals surface area contributed by atoms with Crippen molar-refractivity contribution in [3.05, 3.63) is 93.2 Å². The molecule has 16 rings (SSSR count). The Kier molecular flexibility index (Phi) is 17.3. The molecule has 15 aliphatic rings. The molecule has 676 valence electrons. The quantitative estimate of drug-likeness (QED) is 0.0558. The molecule has 0 amide bonds. The average Bonchev–Trinajstić information content (AvgIpc) is 0.893. The molecule has 0 radical (unpaired) electrons. The van der Waals surface area contributed by atoms with Crippen LogP contribution >= 0.6 is 11.6 Å². The highest BCUT2D eigenvalue weighted by molar-refractivity contribution is 6.64. The summed E-state index contributed by atoms with van der Waals surface area (Å²) in [6, 6.07) is 4.23. The van der Waals surface area contributed by atoms with Gasteiger partial charge in [0, 0.05) is 88.3 Å². The lowest BCUT2D eigenvalue weighted by atomic mass is 9.34. The number of ketones is 6. The maximum atomic E-state index is 14.6. The van der Waals surface area contributed by atoms with Gasteiger partial charge >= 0.3 is 18.3 Å². The summed E-state index contributed by atoms with van der Waals surface area (Å²) < 4.78 is 195. The van der Waals surface area contributed by atoms with Gasteiger partial charge in [-0.1, -0.05) is 191 Å². The fraction of sp³-hybridized carbons (Fsp3) is 0.732. The first-order chi connectivity index (χ1) is 66.4. The molecule has 1 aromatic rings. The van der Waals surface area contributed by atoms with Crippen molar-refractivity contribution in [2.45, 2.75) is 298 Å². The second-order valence-electron chi connectivity index (χ2n) is 46.3. The van der Waals surface area contributed by atoms with Crippen LogP contribution in [0.3, 0.4) is 0 Å². The summed E-state index contributed by atoms with van der Waals surface area (Å²) in [5.74, 6) is -6.42. The Morgan fingerprint density at radius 2 is 0.876 bits per heavy atom. The number of amidine groups is 1. The van der Waals surface area contributed by atoms with Gasteiger partial charge in [0.2, 0.25) is 22.7 Å². The van der Waals surface area contributed by atoms with Gasteiger partial charge in [0.25, 0.3) is 5.82 Å². The van der Waals surface area contributed by atoms with Crippen molar-refractivity contribution < 1.29 is 107 Å². The van der Waals surface area contributed by atoms with Crippen LogP contribution in [0.25, 0.3) is 4.85 Å². The summed E-state index contributed by atoms with van der Waals surface area (Å²) in [6.45, 7) is 51.9. The minimum Gasteiger partial charge on any atom is -0.377 e. The fourth-order valence-electron chi connectivity index (χ4n) is 30.7. The molecule has 21 atom stereocenters. The van der Waals surface area contributed by atoms with Gasteiger partial charge in [-0.15, -0.1) is 0 Å². The number of carbonyl (C=O) groups excluding carboxylic acids is 8. The van der Waals surface area contributed by atoms with Gasteiger partial charge in [-0.3, -0.25) is 28.8 Å². The molecule has 9 saturated carbocycles. The van der Waals surface area contributed by atoms with Crippen LogP contribution in [0, 0.1) is 175 Å². The molecule has 121 heavy (non-hydrogen) atoms. The Hall–Kier alpha value is -7.45. The molecule has 0 aromatic carbocycles. The van der Waals surface area contributed by atoms with Gasteiger partial charge in [0.1, 0.15) is 12.1 Å². The molecule has 1 heterocycles. The van der Waals surface area contributed by atoms with Crippen molar-refractivity contribution in [1.82, 2.24) is 10.1 Å². The van der Waals surface area contributed by atoms with E-state index in [2.05, 4.69) is 129 Å². The lowest BCUT2D eigenvalue weighted by Gasteiger charge is -2.69. The summed E-state index contributed by atoms with van der Waals surface area (Å²) in [7, 11) is 0. The minimum atomic E-state index is -4.93. The summed E-state index contributed by atoms with van der Waals surface area (Å²) >= 11 is 6.37. The van der Waals surface area contributed by atoms with E-state index in [1.54, 1.807) is 18.2 Å². The Morgan fingerprint density at radius 3 is 1.26 bits per heavy atom. The van der Waals surface area contributed by atoms with Crippen LogP contribution in [-0.4, -0.2) is 68.1 Å². The van der Waals surface area contributed by atoms with E-state index in [9.17, 15) is 75.2 Å². The first kappa shape index (κ1) is 76.0. The van der Waals surface area contributed by atoms with Crippen LogP contribution in [0.5, 0.6) is 0 Å². The number of halogens is 7. The van der Waals surface area contributed by atoms with Crippen LogP contribution < -0.4 is 5.73 Å². The van der Waals surface area contributed by atoms with E-state index in [1.807, 2.05) is 66.7 Å². The lowest BCUT2D eigenvalue weighted by molar-refractivity contribution is -0.193. The predicted molar refractivity (Wildman–Crippen MR) is 464 cm³/mol. The summed E-state index contributed by atoms with van der Waals surface area (Å²) in [6.07, 6.45) is 15.7. The van der Waals surface area contributed by atoms with Crippen molar-refractivity contribution in [2.75, 3.05) is 0 Å². The number of oxime groups is 1. The predicted octanol–water partition coefficient (Wildman–Crippen LogP) is 24.2. The summed E-state index contributed by atoms with van der Waals surface area (Å²) in [5.41, 5.74) is -0.907. The third-order valence-corrected chi connectivity index (χ3v) is 38.4. The maximum absolute atomic E-state index is 14.6. The molecule has 0 aliphatic heterocycles. The number of alkyl halides is 6. The number of carbonyl (C=O) groups is 8. The molecular formula is C97H144ClF6N7O10. The van der Waals surface area contributed by atoms with Crippen LogP contribution in [0.1, 0.15) is 325 Å². The molecule has 24 heteroatoms. The van der Waals surface area contributed by atoms with Gasteiger partial charge in [-0.05, 0) is 249 Å².